The molecule has 0 fully saturated rings. The highest BCUT2D eigenvalue weighted by Crippen LogP contribution is 2.00. The van der Waals surface area contributed by atoms with E-state index in [1.165, 1.54) is 7.11 Å². The van der Waals surface area contributed by atoms with Gasteiger partial charge in [0.15, 0.2) is 0 Å². The molecule has 0 radical (unpaired) electrons. The lowest BCUT2D eigenvalue weighted by molar-refractivity contribution is -0.145. The molecule has 0 saturated carbocycles. The molecule has 3 N–H and O–H groups in total. The van der Waals surface area contributed by atoms with Crippen LogP contribution in [0.5, 0.6) is 0 Å². The molecule has 1 atom stereocenters. The van der Waals surface area contributed by atoms with Crippen LogP contribution in [0.25, 0.3) is 0 Å². The Balaban J connectivity index is 2.29. The van der Waals surface area contributed by atoms with Crippen LogP contribution in [0.15, 0.2) is 30.3 Å². The number of methoxy groups -OCH3 is 1. The van der Waals surface area contributed by atoms with Crippen molar-refractivity contribution in [1.29, 1.82) is 0 Å². The van der Waals surface area contributed by atoms with Crippen molar-refractivity contribution in [2.75, 3.05) is 20.2 Å². The van der Waals surface area contributed by atoms with Crippen LogP contribution in [0.4, 0.5) is 0 Å². The Bertz CT molecular complexity index is 408. The van der Waals surface area contributed by atoms with Crippen LogP contribution in [-0.2, 0) is 25.7 Å². The van der Waals surface area contributed by atoms with Crippen molar-refractivity contribution >= 4 is 11.9 Å². The fraction of sp³-hybridized carbons (Fsp3) is 0.385. The summed E-state index contributed by atoms with van der Waals surface area (Å²) in [5, 5.41) is 2.68. The van der Waals surface area contributed by atoms with Crippen LogP contribution >= 0.6 is 0 Å². The van der Waals surface area contributed by atoms with Crippen LogP contribution in [0.3, 0.4) is 0 Å². The quantitative estimate of drug-likeness (QED) is 0.665. The zero-order valence-corrected chi connectivity index (χ0v) is 10.8. The first kappa shape index (κ1) is 15.1. The van der Waals surface area contributed by atoms with Crippen molar-refractivity contribution in [2.45, 2.75) is 12.6 Å². The Labute approximate surface area is 111 Å². The van der Waals surface area contributed by atoms with Crippen LogP contribution in [0, 0.1) is 0 Å². The first-order valence-corrected chi connectivity index (χ1v) is 5.88. The lowest BCUT2D eigenvalue weighted by Crippen LogP contribution is -2.45. The van der Waals surface area contributed by atoms with Gasteiger partial charge in [-0.05, 0) is 5.56 Å². The highest BCUT2D eigenvalue weighted by atomic mass is 16.5. The van der Waals surface area contributed by atoms with Gasteiger partial charge in [-0.2, -0.15) is 0 Å². The summed E-state index contributed by atoms with van der Waals surface area (Å²) in [5.74, 6) is -0.954. The van der Waals surface area contributed by atoms with Crippen LogP contribution in [0.2, 0.25) is 0 Å². The molecule has 0 aromatic heterocycles. The van der Waals surface area contributed by atoms with Crippen molar-refractivity contribution in [3.63, 3.8) is 0 Å². The van der Waals surface area contributed by atoms with Gasteiger partial charge < -0.3 is 15.2 Å². The number of nitrogens with two attached hydrogens (primary N) is 1. The Kier molecular flexibility index (Phi) is 6.56. The summed E-state index contributed by atoms with van der Waals surface area (Å²) >= 11 is 0. The molecular formula is C13H18N2O4. The van der Waals surface area contributed by atoms with Crippen LogP contribution < -0.4 is 11.1 Å². The summed E-state index contributed by atoms with van der Waals surface area (Å²) in [5.41, 5.74) is 6.29. The van der Waals surface area contributed by atoms with Crippen molar-refractivity contribution in [3.8, 4) is 0 Å². The smallest absolute Gasteiger partial charge is 0.324 e. The van der Waals surface area contributed by atoms with Gasteiger partial charge in [0, 0.05) is 6.54 Å². The molecule has 6 heteroatoms. The molecule has 0 aliphatic heterocycles. The second kappa shape index (κ2) is 8.23. The monoisotopic (exact) mass is 266 g/mol. The number of carbonyl (C=O) groups is 2. The molecule has 0 heterocycles. The standard InChI is InChI=1S/C13H18N2O4/c1-18-13(17)11(7-14)15-8-12(16)19-9-10-5-3-2-4-6-10/h2-6,11,15H,7-9,14H2,1H3/t11-/m1/s1. The molecule has 0 bridgehead atoms. The molecular weight excluding hydrogens is 248 g/mol. The minimum absolute atomic E-state index is 0.0542. The topological polar surface area (TPSA) is 90.6 Å². The lowest BCUT2D eigenvalue weighted by Gasteiger charge is -2.13. The number of hydrogen-bond donors (Lipinski definition) is 2. The van der Waals surface area contributed by atoms with Gasteiger partial charge in [0.05, 0.1) is 13.7 Å². The number of hydrogen-bond acceptors (Lipinski definition) is 6. The molecule has 19 heavy (non-hydrogen) atoms. The minimum Gasteiger partial charge on any atom is -0.468 e. The van der Waals surface area contributed by atoms with E-state index >= 15 is 0 Å². The molecule has 0 aliphatic carbocycles. The third-order valence-corrected chi connectivity index (χ3v) is 2.46. The SMILES string of the molecule is COC(=O)[C@@H](CN)NCC(=O)OCc1ccccc1. The van der Waals surface area contributed by atoms with E-state index in [-0.39, 0.29) is 19.7 Å². The van der Waals surface area contributed by atoms with Gasteiger partial charge in [-0.3, -0.25) is 14.9 Å². The van der Waals surface area contributed by atoms with Crippen molar-refractivity contribution < 1.29 is 19.1 Å². The molecule has 0 spiro atoms. The Morgan fingerprint density at radius 2 is 2.00 bits per heavy atom. The van der Waals surface area contributed by atoms with E-state index in [4.69, 9.17) is 10.5 Å². The second-order valence-electron chi connectivity index (χ2n) is 3.84. The largest absolute Gasteiger partial charge is 0.468 e. The summed E-state index contributed by atoms with van der Waals surface area (Å²) in [6.45, 7) is 0.162. The summed E-state index contributed by atoms with van der Waals surface area (Å²) in [6.07, 6.45) is 0. The summed E-state index contributed by atoms with van der Waals surface area (Å²) < 4.78 is 9.57. The first-order chi connectivity index (χ1) is 9.17. The van der Waals surface area contributed by atoms with E-state index in [1.807, 2.05) is 30.3 Å². The second-order valence-corrected chi connectivity index (χ2v) is 3.84. The average Bonchev–Trinajstić information content (AvgIpc) is 2.46. The van der Waals surface area contributed by atoms with Gasteiger partial charge in [-0.25, -0.2) is 0 Å². The molecule has 1 aromatic rings. The van der Waals surface area contributed by atoms with Gasteiger partial charge >= 0.3 is 11.9 Å². The predicted octanol–water partition coefficient (Wildman–Crippen LogP) is -0.180. The van der Waals surface area contributed by atoms with E-state index < -0.39 is 18.0 Å². The van der Waals surface area contributed by atoms with Gasteiger partial charge in [-0.15, -0.1) is 0 Å². The minimum atomic E-state index is -0.700. The van der Waals surface area contributed by atoms with E-state index in [0.29, 0.717) is 0 Å². The average molecular weight is 266 g/mol. The van der Waals surface area contributed by atoms with Crippen molar-refractivity contribution in [2.24, 2.45) is 5.73 Å². The zero-order valence-electron chi connectivity index (χ0n) is 10.8. The van der Waals surface area contributed by atoms with E-state index in [2.05, 4.69) is 10.1 Å². The number of esters is 2. The molecule has 0 unspecified atom stereocenters. The molecule has 1 aromatic carbocycles. The molecule has 104 valence electrons. The molecule has 1 rings (SSSR count). The Morgan fingerprint density at radius 3 is 2.58 bits per heavy atom. The summed E-state index contributed by atoms with van der Waals surface area (Å²) in [4.78, 5) is 22.7. The maximum absolute atomic E-state index is 11.5. The first-order valence-electron chi connectivity index (χ1n) is 5.88. The predicted molar refractivity (Wildman–Crippen MR) is 69.1 cm³/mol. The highest BCUT2D eigenvalue weighted by Gasteiger charge is 2.17. The van der Waals surface area contributed by atoms with E-state index in [1.54, 1.807) is 0 Å². The Hall–Kier alpha value is -1.92. The third-order valence-electron chi connectivity index (χ3n) is 2.46. The fourth-order valence-electron chi connectivity index (χ4n) is 1.40. The van der Waals surface area contributed by atoms with Crippen molar-refractivity contribution in [1.82, 2.24) is 5.32 Å². The van der Waals surface area contributed by atoms with Gasteiger partial charge in [-0.1, -0.05) is 30.3 Å². The normalized spacial score (nSPS) is 11.7. The lowest BCUT2D eigenvalue weighted by atomic mass is 10.2. The number of nitrogens with one attached hydrogen (secondary N) is 1. The van der Waals surface area contributed by atoms with Crippen molar-refractivity contribution in [3.05, 3.63) is 35.9 Å². The van der Waals surface area contributed by atoms with Gasteiger partial charge in [0.1, 0.15) is 12.6 Å². The van der Waals surface area contributed by atoms with Gasteiger partial charge in [0.2, 0.25) is 0 Å². The van der Waals surface area contributed by atoms with Crippen LogP contribution in [-0.4, -0.2) is 38.2 Å². The van der Waals surface area contributed by atoms with Crippen LogP contribution in [0.1, 0.15) is 5.56 Å². The summed E-state index contributed by atoms with van der Waals surface area (Å²) in [7, 11) is 1.26. The highest BCUT2D eigenvalue weighted by molar-refractivity contribution is 5.77. The molecule has 6 nitrogen and oxygen atoms in total. The third kappa shape index (κ3) is 5.50. The summed E-state index contributed by atoms with van der Waals surface area (Å²) in [6, 6.07) is 8.63. The zero-order chi connectivity index (χ0) is 14.1. The number of rotatable bonds is 7. The number of benzene rings is 1. The molecule has 0 amide bonds. The Morgan fingerprint density at radius 1 is 1.32 bits per heavy atom. The van der Waals surface area contributed by atoms with E-state index in [9.17, 15) is 9.59 Å². The number of ether oxygens (including phenoxy) is 2. The van der Waals surface area contributed by atoms with Gasteiger partial charge in [0.25, 0.3) is 0 Å². The fourth-order valence-corrected chi connectivity index (χ4v) is 1.40. The maximum Gasteiger partial charge on any atom is 0.324 e. The van der Waals surface area contributed by atoms with E-state index in [0.717, 1.165) is 5.56 Å². The number of carbonyl (C=O) groups excluding carboxylic acids is 2. The molecule has 0 saturated heterocycles. The molecule has 0 aliphatic rings. The maximum atomic E-state index is 11.5.